The zero-order valence-corrected chi connectivity index (χ0v) is 8.00. The molecule has 0 saturated carbocycles. The Labute approximate surface area is 85.9 Å². The number of esters is 1. The molecule has 0 aromatic rings. The van der Waals surface area contributed by atoms with Crippen molar-refractivity contribution in [2.45, 2.75) is 25.0 Å². The van der Waals surface area contributed by atoms with Gasteiger partial charge in [0, 0.05) is 0 Å². The fourth-order valence-electron chi connectivity index (χ4n) is 0.765. The van der Waals surface area contributed by atoms with Crippen LogP contribution in [0.5, 0.6) is 0 Å². The summed E-state index contributed by atoms with van der Waals surface area (Å²) in [5.74, 6) is -1.40. The van der Waals surface area contributed by atoms with Crippen molar-refractivity contribution in [3.05, 3.63) is 0 Å². The van der Waals surface area contributed by atoms with E-state index in [1.807, 2.05) is 0 Å². The second-order valence-electron chi connectivity index (χ2n) is 2.98. The van der Waals surface area contributed by atoms with Crippen molar-refractivity contribution in [1.82, 2.24) is 0 Å². The number of hydrogen-bond acceptors (Lipinski definition) is 6. The number of cyclic esters (lactones) is 1. The van der Waals surface area contributed by atoms with Gasteiger partial charge in [0.1, 0.15) is 6.61 Å². The van der Waals surface area contributed by atoms with Gasteiger partial charge in [0.2, 0.25) is 0 Å². The summed E-state index contributed by atoms with van der Waals surface area (Å²) >= 11 is 0. The summed E-state index contributed by atoms with van der Waals surface area (Å²) < 4.78 is 4.38. The molecule has 0 amide bonds. The second-order valence-corrected chi connectivity index (χ2v) is 2.98. The molecule has 1 saturated heterocycles. The molecule has 7 heteroatoms. The first-order chi connectivity index (χ1) is 6.95. The summed E-state index contributed by atoms with van der Waals surface area (Å²) in [6.07, 6.45) is -1.89. The summed E-state index contributed by atoms with van der Waals surface area (Å²) in [6.45, 7) is -0.314. The smallest absolute Gasteiger partial charge is 0.308 e. The third-order valence-corrected chi connectivity index (χ3v) is 1.46. The lowest BCUT2D eigenvalue weighted by atomic mass is 10.3. The van der Waals surface area contributed by atoms with Gasteiger partial charge in [-0.3, -0.25) is 9.59 Å². The molecule has 2 atom stereocenters. The highest BCUT2D eigenvalue weighted by Crippen LogP contribution is 2.03. The van der Waals surface area contributed by atoms with E-state index in [4.69, 9.17) is 20.4 Å². The van der Waals surface area contributed by atoms with Gasteiger partial charge in [-0.15, -0.1) is 0 Å². The van der Waals surface area contributed by atoms with Gasteiger partial charge >= 0.3 is 11.9 Å². The summed E-state index contributed by atoms with van der Waals surface area (Å²) in [5.41, 5.74) is 0. The van der Waals surface area contributed by atoms with E-state index in [1.54, 1.807) is 0 Å². The molecular weight excluding hydrogens is 208 g/mol. The molecule has 0 bridgehead atoms. The Bertz CT molecular complexity index is 215. The number of aliphatic hydroxyl groups excluding tert-OH is 3. The number of ether oxygens (including phenoxy) is 1. The maximum atomic E-state index is 10.1. The van der Waals surface area contributed by atoms with E-state index in [2.05, 4.69) is 4.74 Å². The van der Waals surface area contributed by atoms with E-state index in [1.165, 1.54) is 0 Å². The Kier molecular flexibility index (Phi) is 6.59. The van der Waals surface area contributed by atoms with Crippen molar-refractivity contribution >= 4 is 11.9 Å². The molecule has 15 heavy (non-hydrogen) atoms. The van der Waals surface area contributed by atoms with E-state index >= 15 is 0 Å². The van der Waals surface area contributed by atoms with Crippen LogP contribution in [-0.4, -0.2) is 57.8 Å². The highest BCUT2D eigenvalue weighted by Gasteiger charge is 2.20. The monoisotopic (exact) mass is 222 g/mol. The average molecular weight is 222 g/mol. The Hall–Kier alpha value is -1.18. The first-order valence-corrected chi connectivity index (χ1v) is 4.30. The molecule has 0 spiro atoms. The quantitative estimate of drug-likeness (QED) is 0.411. The number of carbonyl (C=O) groups excluding carboxylic acids is 1. The normalized spacial score (nSPS) is 21.3. The van der Waals surface area contributed by atoms with E-state index in [0.29, 0.717) is 0 Å². The summed E-state index contributed by atoms with van der Waals surface area (Å²) in [7, 11) is 0. The number of rotatable bonds is 3. The number of carboxylic acid groups (broad SMARTS) is 1. The largest absolute Gasteiger partial charge is 0.481 e. The molecule has 1 aliphatic rings. The van der Waals surface area contributed by atoms with Gasteiger partial charge < -0.3 is 25.2 Å². The summed E-state index contributed by atoms with van der Waals surface area (Å²) in [6, 6.07) is 0. The standard InChI is InChI=1S/C4H8O4.C4H6O3/c5-2-3(6)1-4(7)8;5-3-1-4(6)7-2-3/h3,5-6H,1-2H2,(H,7,8);3,5H,1-2H2/t2*3-/m00/s1. The maximum absolute atomic E-state index is 10.1. The highest BCUT2D eigenvalue weighted by atomic mass is 16.6. The SMILES string of the molecule is O=C(O)C[C@H](O)CO.O=C1C[C@H](O)CO1. The summed E-state index contributed by atoms with van der Waals surface area (Å²) in [5, 5.41) is 33.0. The highest BCUT2D eigenvalue weighted by molar-refractivity contribution is 5.71. The van der Waals surface area contributed by atoms with Crippen LogP contribution in [0.3, 0.4) is 0 Å². The second kappa shape index (κ2) is 7.16. The third-order valence-electron chi connectivity index (χ3n) is 1.46. The van der Waals surface area contributed by atoms with Crippen LogP contribution in [0.4, 0.5) is 0 Å². The van der Waals surface area contributed by atoms with E-state index in [9.17, 15) is 9.59 Å². The molecule has 0 aliphatic carbocycles. The lowest BCUT2D eigenvalue weighted by Gasteiger charge is -1.99. The van der Waals surface area contributed by atoms with Crippen LogP contribution < -0.4 is 0 Å². The first kappa shape index (κ1) is 13.8. The minimum Gasteiger partial charge on any atom is -0.481 e. The lowest BCUT2D eigenvalue weighted by molar-refractivity contribution is -0.140. The van der Waals surface area contributed by atoms with Gasteiger partial charge in [0.15, 0.2) is 0 Å². The third kappa shape index (κ3) is 7.86. The van der Waals surface area contributed by atoms with Crippen molar-refractivity contribution in [3.8, 4) is 0 Å². The van der Waals surface area contributed by atoms with Crippen LogP contribution in [0.2, 0.25) is 0 Å². The molecule has 1 rings (SSSR count). The molecule has 7 nitrogen and oxygen atoms in total. The van der Waals surface area contributed by atoms with Gasteiger partial charge in [-0.25, -0.2) is 0 Å². The Morgan fingerprint density at radius 3 is 2.33 bits per heavy atom. The minimum absolute atomic E-state index is 0.167. The predicted molar refractivity (Wildman–Crippen MR) is 46.9 cm³/mol. The molecule has 1 aliphatic heterocycles. The Morgan fingerprint density at radius 1 is 1.60 bits per heavy atom. The van der Waals surface area contributed by atoms with E-state index in [0.717, 1.165) is 0 Å². The van der Waals surface area contributed by atoms with Gasteiger partial charge in [0.25, 0.3) is 0 Å². The van der Waals surface area contributed by atoms with Gasteiger partial charge in [-0.2, -0.15) is 0 Å². The van der Waals surface area contributed by atoms with Crippen molar-refractivity contribution in [2.75, 3.05) is 13.2 Å². The zero-order chi connectivity index (χ0) is 11.8. The molecule has 1 fully saturated rings. The van der Waals surface area contributed by atoms with Crippen molar-refractivity contribution < 1.29 is 34.8 Å². The molecule has 88 valence electrons. The Balaban J connectivity index is 0.000000262. The van der Waals surface area contributed by atoms with Crippen molar-refractivity contribution in [2.24, 2.45) is 0 Å². The number of carboxylic acids is 1. The average Bonchev–Trinajstić information content (AvgIpc) is 2.49. The van der Waals surface area contributed by atoms with Crippen LogP contribution >= 0.6 is 0 Å². The van der Waals surface area contributed by atoms with Crippen LogP contribution in [-0.2, 0) is 14.3 Å². The van der Waals surface area contributed by atoms with E-state index in [-0.39, 0.29) is 19.0 Å². The molecule has 0 aromatic heterocycles. The lowest BCUT2D eigenvalue weighted by Crippen LogP contribution is -2.16. The predicted octanol–water partition coefficient (Wildman–Crippen LogP) is -1.89. The number of carbonyl (C=O) groups is 2. The maximum Gasteiger partial charge on any atom is 0.308 e. The first-order valence-electron chi connectivity index (χ1n) is 4.30. The number of hydrogen-bond donors (Lipinski definition) is 4. The molecule has 1 heterocycles. The topological polar surface area (TPSA) is 124 Å². The van der Waals surface area contributed by atoms with E-state index < -0.39 is 31.2 Å². The van der Waals surface area contributed by atoms with Crippen LogP contribution in [0.1, 0.15) is 12.8 Å². The Morgan fingerprint density at radius 2 is 2.20 bits per heavy atom. The zero-order valence-electron chi connectivity index (χ0n) is 8.00. The molecular formula is C8H14O7. The summed E-state index contributed by atoms with van der Waals surface area (Å²) in [4.78, 5) is 19.8. The minimum atomic E-state index is -1.12. The molecule has 0 radical (unpaired) electrons. The fraction of sp³-hybridized carbons (Fsp3) is 0.750. The molecule has 0 aromatic carbocycles. The van der Waals surface area contributed by atoms with Gasteiger partial charge in [0.05, 0.1) is 31.7 Å². The van der Waals surface area contributed by atoms with Crippen LogP contribution in [0.25, 0.3) is 0 Å². The van der Waals surface area contributed by atoms with Crippen molar-refractivity contribution in [3.63, 3.8) is 0 Å². The van der Waals surface area contributed by atoms with Crippen LogP contribution in [0, 0.1) is 0 Å². The fourth-order valence-corrected chi connectivity index (χ4v) is 0.765. The number of aliphatic carboxylic acids is 1. The van der Waals surface area contributed by atoms with Crippen LogP contribution in [0.15, 0.2) is 0 Å². The van der Waals surface area contributed by atoms with Gasteiger partial charge in [-0.1, -0.05) is 0 Å². The van der Waals surface area contributed by atoms with Gasteiger partial charge in [-0.05, 0) is 0 Å². The van der Waals surface area contributed by atoms with Crippen molar-refractivity contribution in [1.29, 1.82) is 0 Å². The number of aliphatic hydroxyl groups is 3. The molecule has 0 unspecified atom stereocenters. The molecule has 4 N–H and O–H groups in total.